The Hall–Kier alpha value is -3.42. The van der Waals surface area contributed by atoms with Crippen LogP contribution in [0.3, 0.4) is 0 Å². The van der Waals surface area contributed by atoms with Crippen molar-refractivity contribution in [1.82, 2.24) is 15.0 Å². The summed E-state index contributed by atoms with van der Waals surface area (Å²) in [6, 6.07) is 7.19. The number of fused-ring (bicyclic) bond motifs is 1. The second-order valence-electron chi connectivity index (χ2n) is 6.95. The third kappa shape index (κ3) is 4.17. The number of anilines is 1. The number of aromatic nitrogens is 3. The van der Waals surface area contributed by atoms with Gasteiger partial charge in [0.05, 0.1) is 29.2 Å². The van der Waals surface area contributed by atoms with E-state index >= 15 is 0 Å². The maximum Gasteiger partial charge on any atom is 0.424 e. The highest BCUT2D eigenvalue weighted by Crippen LogP contribution is 2.36. The van der Waals surface area contributed by atoms with Gasteiger partial charge in [0.1, 0.15) is 17.4 Å². The number of benzene rings is 1. The molecule has 0 N–H and O–H groups in total. The van der Waals surface area contributed by atoms with Crippen LogP contribution in [-0.4, -0.2) is 47.4 Å². The Balaban J connectivity index is 1.44. The summed E-state index contributed by atoms with van der Waals surface area (Å²) in [5, 5.41) is 0.901. The lowest BCUT2D eigenvalue weighted by Gasteiger charge is -2.25. The number of ether oxygens (including phenoxy) is 2. The standard InChI is InChI=1S/C22H15F3N4O2S/c23-22(24,25)15-6-4-14(5-7-15)16-12-19(27-13-26-16)31-17-2-1-3-18-20(17)28-21(32-18)29-8-10-30-11-9-29/h1-4,6,12-13H,8-11H2. The largest absolute Gasteiger partial charge is 0.437 e. The number of allylic oxidation sites excluding steroid dienone is 4. The first kappa shape index (κ1) is 20.5. The molecule has 0 atom stereocenters. The predicted octanol–water partition coefficient (Wildman–Crippen LogP) is 4.91. The molecule has 6 nitrogen and oxygen atoms in total. The third-order valence-corrected chi connectivity index (χ3v) is 5.92. The van der Waals surface area contributed by atoms with Crippen molar-refractivity contribution in [2.75, 3.05) is 31.2 Å². The molecule has 5 rings (SSSR count). The molecule has 32 heavy (non-hydrogen) atoms. The zero-order valence-corrected chi connectivity index (χ0v) is 17.3. The van der Waals surface area contributed by atoms with Gasteiger partial charge < -0.3 is 14.4 Å². The fraction of sp³-hybridized carbons (Fsp3) is 0.227. The summed E-state index contributed by atoms with van der Waals surface area (Å²) in [5.41, 5.74) is 5.19. The van der Waals surface area contributed by atoms with Crippen LogP contribution in [0.1, 0.15) is 5.69 Å². The molecule has 0 radical (unpaired) electrons. The van der Waals surface area contributed by atoms with E-state index in [4.69, 9.17) is 14.5 Å². The molecule has 10 heteroatoms. The SMILES string of the molecule is FC(F)(F)C1=C=C=C(c2cc(Oc3cccc4sc(N5CCOCC5)nc34)ncn2)C=C1. The average molecular weight is 456 g/mol. The number of rotatable bonds is 4. The van der Waals surface area contributed by atoms with Gasteiger partial charge in [0.25, 0.3) is 0 Å². The lowest BCUT2D eigenvalue weighted by Crippen LogP contribution is -2.36. The van der Waals surface area contributed by atoms with Gasteiger partial charge in [-0.3, -0.25) is 0 Å². The minimum absolute atomic E-state index is 0.247. The molecule has 1 aliphatic carbocycles. The van der Waals surface area contributed by atoms with Gasteiger partial charge in [-0.2, -0.15) is 13.2 Å². The third-order valence-electron chi connectivity index (χ3n) is 4.84. The quantitative estimate of drug-likeness (QED) is 0.520. The second kappa shape index (κ2) is 8.26. The van der Waals surface area contributed by atoms with Gasteiger partial charge in [0.15, 0.2) is 10.9 Å². The van der Waals surface area contributed by atoms with E-state index in [1.807, 2.05) is 12.1 Å². The van der Waals surface area contributed by atoms with Crippen molar-refractivity contribution in [3.05, 3.63) is 65.5 Å². The van der Waals surface area contributed by atoms with Crippen LogP contribution in [0.2, 0.25) is 0 Å². The lowest BCUT2D eigenvalue weighted by molar-refractivity contribution is -0.0880. The fourth-order valence-electron chi connectivity index (χ4n) is 3.24. The molecule has 2 aromatic heterocycles. The molecular weight excluding hydrogens is 441 g/mol. The number of hydrogen-bond acceptors (Lipinski definition) is 7. The minimum Gasteiger partial charge on any atom is -0.437 e. The number of alkyl halides is 3. The van der Waals surface area contributed by atoms with Crippen LogP contribution < -0.4 is 9.64 Å². The van der Waals surface area contributed by atoms with E-state index in [2.05, 4.69) is 26.3 Å². The molecule has 3 aromatic rings. The first-order chi connectivity index (χ1) is 15.5. The van der Waals surface area contributed by atoms with Gasteiger partial charge in [-0.1, -0.05) is 28.9 Å². The summed E-state index contributed by atoms with van der Waals surface area (Å²) in [5.74, 6) is 0.780. The highest BCUT2D eigenvalue weighted by atomic mass is 32.1. The number of thiazole rings is 1. The molecule has 1 fully saturated rings. The van der Waals surface area contributed by atoms with E-state index in [9.17, 15) is 13.2 Å². The molecule has 3 heterocycles. The highest BCUT2D eigenvalue weighted by Gasteiger charge is 2.32. The van der Waals surface area contributed by atoms with Crippen molar-refractivity contribution < 1.29 is 22.6 Å². The first-order valence-corrected chi connectivity index (χ1v) is 10.5. The zero-order chi connectivity index (χ0) is 22.1. The summed E-state index contributed by atoms with van der Waals surface area (Å²) < 4.78 is 50.7. The van der Waals surface area contributed by atoms with Gasteiger partial charge >= 0.3 is 6.18 Å². The summed E-state index contributed by atoms with van der Waals surface area (Å²) in [4.78, 5) is 15.2. The topological polar surface area (TPSA) is 60.4 Å². The minimum atomic E-state index is -4.47. The van der Waals surface area contributed by atoms with Crippen LogP contribution in [0.25, 0.3) is 15.8 Å². The molecule has 1 aliphatic heterocycles. The summed E-state index contributed by atoms with van der Waals surface area (Å²) in [7, 11) is 0. The van der Waals surface area contributed by atoms with Gasteiger partial charge in [-0.25, -0.2) is 15.0 Å². The van der Waals surface area contributed by atoms with Crippen LogP contribution >= 0.6 is 11.3 Å². The lowest BCUT2D eigenvalue weighted by atomic mass is 10.1. The molecule has 162 valence electrons. The molecule has 0 amide bonds. The van der Waals surface area contributed by atoms with E-state index in [1.165, 1.54) is 12.4 Å². The normalized spacial score (nSPS) is 16.3. The average Bonchev–Trinajstić information content (AvgIpc) is 3.25. The summed E-state index contributed by atoms with van der Waals surface area (Å²) in [6.07, 6.45) is -0.948. The molecule has 0 unspecified atom stereocenters. The first-order valence-electron chi connectivity index (χ1n) is 9.71. The number of para-hydroxylation sites is 1. The molecule has 2 aliphatic rings. The Morgan fingerprint density at radius 2 is 1.94 bits per heavy atom. The van der Waals surface area contributed by atoms with Crippen molar-refractivity contribution in [3.63, 3.8) is 0 Å². The number of halogens is 3. The fourth-order valence-corrected chi connectivity index (χ4v) is 4.27. The van der Waals surface area contributed by atoms with Gasteiger partial charge in [-0.05, 0) is 24.3 Å². The van der Waals surface area contributed by atoms with Crippen molar-refractivity contribution in [2.45, 2.75) is 6.18 Å². The molecule has 0 saturated carbocycles. The Morgan fingerprint density at radius 3 is 2.69 bits per heavy atom. The van der Waals surface area contributed by atoms with Gasteiger partial charge in [0.2, 0.25) is 5.88 Å². The van der Waals surface area contributed by atoms with Gasteiger partial charge in [0, 0.05) is 19.2 Å². The maximum atomic E-state index is 12.8. The highest BCUT2D eigenvalue weighted by molar-refractivity contribution is 7.22. The second-order valence-corrected chi connectivity index (χ2v) is 7.96. The Bertz CT molecular complexity index is 1310. The maximum absolute atomic E-state index is 12.8. The Morgan fingerprint density at radius 1 is 1.09 bits per heavy atom. The van der Waals surface area contributed by atoms with Crippen molar-refractivity contribution in [2.24, 2.45) is 0 Å². The summed E-state index contributed by atoms with van der Waals surface area (Å²) >= 11 is 1.58. The van der Waals surface area contributed by atoms with Crippen LogP contribution in [0, 0.1) is 0 Å². The van der Waals surface area contributed by atoms with E-state index in [1.54, 1.807) is 23.5 Å². The summed E-state index contributed by atoms with van der Waals surface area (Å²) in [6.45, 7) is 2.90. The van der Waals surface area contributed by atoms with Gasteiger partial charge in [-0.15, -0.1) is 0 Å². The predicted molar refractivity (Wildman–Crippen MR) is 114 cm³/mol. The number of morpholine rings is 1. The van der Waals surface area contributed by atoms with Crippen LogP contribution in [0.4, 0.5) is 18.3 Å². The van der Waals surface area contributed by atoms with E-state index in [0.717, 1.165) is 29.0 Å². The molecular formula is C22H15F3N4O2S. The zero-order valence-electron chi connectivity index (χ0n) is 16.5. The van der Waals surface area contributed by atoms with Crippen LogP contribution in [-0.2, 0) is 4.74 Å². The Labute approximate surface area is 184 Å². The van der Waals surface area contributed by atoms with Crippen molar-refractivity contribution in [1.29, 1.82) is 0 Å². The van der Waals surface area contributed by atoms with E-state index in [0.29, 0.717) is 35.7 Å². The van der Waals surface area contributed by atoms with E-state index < -0.39 is 11.7 Å². The molecule has 1 saturated heterocycles. The Kier molecular flexibility index (Phi) is 5.28. The molecule has 1 aromatic carbocycles. The van der Waals surface area contributed by atoms with Crippen molar-refractivity contribution >= 4 is 32.3 Å². The van der Waals surface area contributed by atoms with E-state index in [-0.39, 0.29) is 5.88 Å². The molecule has 0 bridgehead atoms. The number of nitrogens with zero attached hydrogens (tertiary/aromatic N) is 4. The van der Waals surface area contributed by atoms with Crippen LogP contribution in [0.15, 0.2) is 59.8 Å². The van der Waals surface area contributed by atoms with Crippen LogP contribution in [0.5, 0.6) is 11.6 Å². The monoisotopic (exact) mass is 456 g/mol. The van der Waals surface area contributed by atoms with Crippen molar-refractivity contribution in [3.8, 4) is 11.6 Å². The molecule has 0 spiro atoms. The number of hydrogen-bond donors (Lipinski definition) is 0. The smallest absolute Gasteiger partial charge is 0.424 e.